The van der Waals surface area contributed by atoms with E-state index in [-0.39, 0.29) is 5.56 Å². The number of aryl methyl sites for hydroxylation is 2. The van der Waals surface area contributed by atoms with Crippen LogP contribution in [0.1, 0.15) is 31.5 Å². The van der Waals surface area contributed by atoms with E-state index in [1.54, 1.807) is 0 Å². The molecule has 0 saturated carbocycles. The van der Waals surface area contributed by atoms with Crippen LogP contribution >= 0.6 is 11.3 Å². The molecule has 0 aliphatic heterocycles. The van der Waals surface area contributed by atoms with Crippen LogP contribution in [0, 0.1) is 13.8 Å². The summed E-state index contributed by atoms with van der Waals surface area (Å²) >= 11 is 1.54. The van der Waals surface area contributed by atoms with E-state index in [9.17, 15) is 4.79 Å². The Morgan fingerprint density at radius 1 is 1.35 bits per heavy atom. The van der Waals surface area contributed by atoms with E-state index in [0.29, 0.717) is 0 Å². The monoisotopic (exact) mass is 291 g/mol. The van der Waals surface area contributed by atoms with Crippen molar-refractivity contribution in [3.05, 3.63) is 33.1 Å². The van der Waals surface area contributed by atoms with E-state index in [4.69, 9.17) is 0 Å². The topological polar surface area (TPSA) is 46.9 Å². The first-order valence-corrected chi connectivity index (χ1v) is 7.87. The number of anilines is 1. The molecule has 2 heterocycles. The van der Waals surface area contributed by atoms with Gasteiger partial charge in [0.25, 0.3) is 5.56 Å². The van der Waals surface area contributed by atoms with Crippen molar-refractivity contribution in [2.75, 3.05) is 11.9 Å². The average molecular weight is 291 g/mol. The fourth-order valence-corrected chi connectivity index (χ4v) is 3.13. The van der Waals surface area contributed by atoms with Gasteiger partial charge in [0.15, 0.2) is 5.13 Å². The van der Waals surface area contributed by atoms with Gasteiger partial charge in [-0.25, -0.2) is 4.98 Å². The van der Waals surface area contributed by atoms with Gasteiger partial charge in [-0.3, -0.25) is 4.79 Å². The van der Waals surface area contributed by atoms with Crippen molar-refractivity contribution in [3.8, 4) is 11.3 Å². The Morgan fingerprint density at radius 2 is 2.10 bits per heavy atom. The Morgan fingerprint density at radius 3 is 2.75 bits per heavy atom. The number of hydrogen-bond donors (Lipinski definition) is 1. The smallest absolute Gasteiger partial charge is 0.260 e. The zero-order valence-electron chi connectivity index (χ0n) is 12.5. The number of pyridine rings is 1. The molecule has 20 heavy (non-hydrogen) atoms. The van der Waals surface area contributed by atoms with Crippen molar-refractivity contribution in [2.45, 2.75) is 40.7 Å². The van der Waals surface area contributed by atoms with Crippen LogP contribution in [0.5, 0.6) is 0 Å². The molecule has 0 aromatic carbocycles. The second-order valence-electron chi connectivity index (χ2n) is 4.87. The van der Waals surface area contributed by atoms with Crippen LogP contribution < -0.4 is 10.9 Å². The Kier molecular flexibility index (Phi) is 4.60. The number of hydrogen-bond acceptors (Lipinski definition) is 4. The molecule has 2 aromatic heterocycles. The lowest BCUT2D eigenvalue weighted by Gasteiger charge is -2.12. The van der Waals surface area contributed by atoms with E-state index in [0.717, 1.165) is 47.2 Å². The zero-order chi connectivity index (χ0) is 14.7. The molecule has 1 N–H and O–H groups in total. The minimum atomic E-state index is 0.0673. The SMILES string of the molecule is CCCn1c(C)cc(C)c(-c2csc(NCC)n2)c1=O. The van der Waals surface area contributed by atoms with Crippen molar-refractivity contribution in [1.82, 2.24) is 9.55 Å². The van der Waals surface area contributed by atoms with Gasteiger partial charge in [0, 0.05) is 24.2 Å². The summed E-state index contributed by atoms with van der Waals surface area (Å²) in [4.78, 5) is 17.2. The number of rotatable bonds is 5. The van der Waals surface area contributed by atoms with E-state index in [2.05, 4.69) is 23.3 Å². The first-order chi connectivity index (χ1) is 9.58. The van der Waals surface area contributed by atoms with Crippen molar-refractivity contribution < 1.29 is 0 Å². The van der Waals surface area contributed by atoms with E-state index in [1.807, 2.05) is 30.7 Å². The fourth-order valence-electron chi connectivity index (χ4n) is 2.36. The number of aromatic nitrogens is 2. The molecule has 5 heteroatoms. The molecule has 2 rings (SSSR count). The molecular weight excluding hydrogens is 270 g/mol. The fraction of sp³-hybridized carbons (Fsp3) is 0.467. The number of nitrogens with zero attached hydrogens (tertiary/aromatic N) is 2. The molecule has 0 radical (unpaired) electrons. The van der Waals surface area contributed by atoms with Crippen LogP contribution in [-0.4, -0.2) is 16.1 Å². The minimum absolute atomic E-state index is 0.0673. The second-order valence-corrected chi connectivity index (χ2v) is 5.73. The molecule has 0 saturated heterocycles. The highest BCUT2D eigenvalue weighted by Crippen LogP contribution is 2.25. The van der Waals surface area contributed by atoms with Crippen LogP contribution in [0.3, 0.4) is 0 Å². The van der Waals surface area contributed by atoms with Gasteiger partial charge in [0.05, 0.1) is 11.3 Å². The first-order valence-electron chi connectivity index (χ1n) is 6.99. The lowest BCUT2D eigenvalue weighted by atomic mass is 10.1. The molecular formula is C15H21N3OS. The van der Waals surface area contributed by atoms with Gasteiger partial charge in [0.1, 0.15) is 0 Å². The van der Waals surface area contributed by atoms with Crippen LogP contribution in [0.15, 0.2) is 16.2 Å². The van der Waals surface area contributed by atoms with Gasteiger partial charge in [0.2, 0.25) is 0 Å². The molecule has 0 bridgehead atoms. The maximum atomic E-state index is 12.7. The summed E-state index contributed by atoms with van der Waals surface area (Å²) in [6.07, 6.45) is 0.947. The molecule has 0 aliphatic rings. The van der Waals surface area contributed by atoms with E-state index >= 15 is 0 Å². The van der Waals surface area contributed by atoms with Gasteiger partial charge in [-0.15, -0.1) is 11.3 Å². The lowest BCUT2D eigenvalue weighted by molar-refractivity contribution is 0.635. The largest absolute Gasteiger partial charge is 0.362 e. The second kappa shape index (κ2) is 6.22. The lowest BCUT2D eigenvalue weighted by Crippen LogP contribution is -2.24. The maximum Gasteiger partial charge on any atom is 0.260 e. The third-order valence-electron chi connectivity index (χ3n) is 3.24. The normalized spacial score (nSPS) is 10.8. The highest BCUT2D eigenvalue weighted by molar-refractivity contribution is 7.14. The summed E-state index contributed by atoms with van der Waals surface area (Å²) in [5.41, 5.74) is 3.58. The van der Waals surface area contributed by atoms with Crippen molar-refractivity contribution in [1.29, 1.82) is 0 Å². The molecule has 0 atom stereocenters. The molecule has 0 aliphatic carbocycles. The highest BCUT2D eigenvalue weighted by Gasteiger charge is 2.14. The van der Waals surface area contributed by atoms with Crippen LogP contribution in [0.4, 0.5) is 5.13 Å². The van der Waals surface area contributed by atoms with Gasteiger partial charge < -0.3 is 9.88 Å². The number of nitrogens with one attached hydrogen (secondary N) is 1. The van der Waals surface area contributed by atoms with Crippen LogP contribution in [0.25, 0.3) is 11.3 Å². The maximum absolute atomic E-state index is 12.7. The summed E-state index contributed by atoms with van der Waals surface area (Å²) in [7, 11) is 0. The molecule has 0 unspecified atom stereocenters. The van der Waals surface area contributed by atoms with E-state index in [1.165, 1.54) is 11.3 Å². The van der Waals surface area contributed by atoms with Gasteiger partial charge in [-0.1, -0.05) is 6.92 Å². The van der Waals surface area contributed by atoms with E-state index < -0.39 is 0 Å². The summed E-state index contributed by atoms with van der Waals surface area (Å²) < 4.78 is 1.84. The molecule has 0 amide bonds. The molecule has 2 aromatic rings. The van der Waals surface area contributed by atoms with Crippen LogP contribution in [0.2, 0.25) is 0 Å². The highest BCUT2D eigenvalue weighted by atomic mass is 32.1. The third kappa shape index (κ3) is 2.77. The summed E-state index contributed by atoms with van der Waals surface area (Å²) in [5, 5.41) is 6.00. The zero-order valence-corrected chi connectivity index (χ0v) is 13.3. The standard InChI is InChI=1S/C15H21N3OS/c1-5-7-18-11(4)8-10(3)13(14(18)19)12-9-20-15(17-12)16-6-2/h8-9H,5-7H2,1-4H3,(H,16,17). The summed E-state index contributed by atoms with van der Waals surface area (Å²) in [5.74, 6) is 0. The Balaban J connectivity index is 2.55. The molecule has 108 valence electrons. The summed E-state index contributed by atoms with van der Waals surface area (Å²) in [6.45, 7) is 9.66. The van der Waals surface area contributed by atoms with Gasteiger partial charge in [-0.2, -0.15) is 0 Å². The Bertz CT molecular complexity index is 658. The van der Waals surface area contributed by atoms with Gasteiger partial charge in [-0.05, 0) is 38.8 Å². The molecule has 0 fully saturated rings. The quantitative estimate of drug-likeness (QED) is 0.918. The summed E-state index contributed by atoms with van der Waals surface area (Å²) in [6, 6.07) is 2.07. The first kappa shape index (κ1) is 14.8. The minimum Gasteiger partial charge on any atom is -0.362 e. The van der Waals surface area contributed by atoms with Crippen molar-refractivity contribution in [2.24, 2.45) is 0 Å². The Labute approximate surface area is 123 Å². The Hall–Kier alpha value is -1.62. The molecule has 4 nitrogen and oxygen atoms in total. The van der Waals surface area contributed by atoms with Crippen molar-refractivity contribution >= 4 is 16.5 Å². The number of thiazole rings is 1. The average Bonchev–Trinajstić information content (AvgIpc) is 2.83. The third-order valence-corrected chi connectivity index (χ3v) is 4.04. The predicted molar refractivity (Wildman–Crippen MR) is 85.7 cm³/mol. The predicted octanol–water partition coefficient (Wildman–Crippen LogP) is 3.43. The van der Waals surface area contributed by atoms with Crippen LogP contribution in [-0.2, 0) is 6.54 Å². The van der Waals surface area contributed by atoms with Gasteiger partial charge >= 0.3 is 0 Å². The van der Waals surface area contributed by atoms with Crippen molar-refractivity contribution in [3.63, 3.8) is 0 Å². The molecule has 0 spiro atoms.